The number of rotatable bonds is 5. The molecule has 0 fully saturated rings. The van der Waals surface area contributed by atoms with E-state index in [1.807, 2.05) is 36.9 Å². The van der Waals surface area contributed by atoms with Gasteiger partial charge in [-0.3, -0.25) is 9.97 Å². The summed E-state index contributed by atoms with van der Waals surface area (Å²) in [6.07, 6.45) is 8.75. The first-order chi connectivity index (χ1) is 16.0. The molecule has 0 N–H and O–H groups in total. The normalized spacial score (nSPS) is 12.9. The van der Waals surface area contributed by atoms with Crippen molar-refractivity contribution >= 4 is 27.9 Å². The van der Waals surface area contributed by atoms with Gasteiger partial charge < -0.3 is 0 Å². The summed E-state index contributed by atoms with van der Waals surface area (Å²) in [5.74, 6) is 0. The Balaban J connectivity index is 2.05. The molecule has 2 heterocycles. The third kappa shape index (κ3) is 4.82. The van der Waals surface area contributed by atoms with E-state index in [0.29, 0.717) is 0 Å². The second-order valence-corrected chi connectivity index (χ2v) is 15.8. The smallest absolute Gasteiger partial charge is 0.0624 e. The zero-order valence-corrected chi connectivity index (χ0v) is 23.3. The third-order valence-electron chi connectivity index (χ3n) is 6.63. The van der Waals surface area contributed by atoms with Gasteiger partial charge in [0.05, 0.1) is 5.16 Å². The second-order valence-electron chi connectivity index (χ2n) is 11.0. The first kappa shape index (κ1) is 25.0. The minimum absolute atomic E-state index is 0.230. The topological polar surface area (TPSA) is 25.8 Å². The second kappa shape index (κ2) is 9.49. The summed E-state index contributed by atoms with van der Waals surface area (Å²) in [5.41, 5.74) is 5.07. The molecule has 0 bridgehead atoms. The summed E-state index contributed by atoms with van der Waals surface area (Å²) in [4.78, 5) is 9.01. The zero-order chi connectivity index (χ0) is 24.6. The lowest BCUT2D eigenvalue weighted by Crippen LogP contribution is -2.28. The molecular formula is C30H36N2P2. The molecule has 0 amide bonds. The van der Waals surface area contributed by atoms with Crippen LogP contribution in [0.2, 0.25) is 0 Å². The zero-order valence-electron chi connectivity index (χ0n) is 21.2. The van der Waals surface area contributed by atoms with Gasteiger partial charge in [0, 0.05) is 24.8 Å². The molecule has 0 radical (unpaired) electrons. The van der Waals surface area contributed by atoms with Crippen LogP contribution in [-0.4, -0.2) is 20.3 Å². The predicted octanol–water partition coefficient (Wildman–Crippen LogP) is 8.38. The molecule has 0 spiro atoms. The van der Waals surface area contributed by atoms with E-state index >= 15 is 0 Å². The van der Waals surface area contributed by atoms with Crippen molar-refractivity contribution in [2.75, 3.05) is 0 Å². The maximum absolute atomic E-state index is 4.50. The van der Waals surface area contributed by atoms with Crippen LogP contribution in [0, 0.1) is 0 Å². The lowest BCUT2D eigenvalue weighted by atomic mass is 9.82. The van der Waals surface area contributed by atoms with Crippen LogP contribution in [-0.2, 0) is 11.3 Å². The van der Waals surface area contributed by atoms with Crippen molar-refractivity contribution in [3.63, 3.8) is 0 Å². The summed E-state index contributed by atoms with van der Waals surface area (Å²) in [5, 5.41) is 2.66. The Morgan fingerprint density at radius 3 is 1.76 bits per heavy atom. The van der Waals surface area contributed by atoms with Crippen molar-refractivity contribution in [1.29, 1.82) is 0 Å². The van der Waals surface area contributed by atoms with E-state index in [0.717, 1.165) is 17.3 Å². The average Bonchev–Trinajstić information content (AvgIpc) is 2.81. The SMILES string of the molecule is CC(C)(C)P(Cc1c(C(P)(c2cccnc2)c2cccnc2)ccc2ccccc12)C(C)(C)C. The monoisotopic (exact) mass is 486 g/mol. The Morgan fingerprint density at radius 2 is 1.26 bits per heavy atom. The maximum atomic E-state index is 4.50. The highest BCUT2D eigenvalue weighted by Gasteiger charge is 2.39. The van der Waals surface area contributed by atoms with Gasteiger partial charge in [0.2, 0.25) is 0 Å². The lowest BCUT2D eigenvalue weighted by Gasteiger charge is -2.43. The highest BCUT2D eigenvalue weighted by molar-refractivity contribution is 7.60. The maximum Gasteiger partial charge on any atom is 0.0624 e. The number of pyridine rings is 2. The Hall–Kier alpha value is -2.14. The van der Waals surface area contributed by atoms with E-state index in [-0.39, 0.29) is 18.2 Å². The first-order valence-corrected chi connectivity index (χ1v) is 14.0. The van der Waals surface area contributed by atoms with Crippen LogP contribution in [0.5, 0.6) is 0 Å². The number of hydrogen-bond donors (Lipinski definition) is 0. The molecule has 4 aromatic rings. The lowest BCUT2D eigenvalue weighted by molar-refractivity contribution is 0.702. The molecule has 0 aliphatic heterocycles. The Kier molecular flexibility index (Phi) is 6.97. The number of hydrogen-bond acceptors (Lipinski definition) is 2. The minimum atomic E-state index is -0.446. The number of nitrogens with zero attached hydrogens (tertiary/aromatic N) is 2. The van der Waals surface area contributed by atoms with Gasteiger partial charge in [-0.15, -0.1) is 9.24 Å². The van der Waals surface area contributed by atoms with Crippen LogP contribution in [0.1, 0.15) is 63.8 Å². The summed E-state index contributed by atoms with van der Waals surface area (Å²) < 4.78 is 0. The molecule has 2 aromatic heterocycles. The molecule has 0 saturated heterocycles. The molecule has 4 rings (SSSR count). The molecule has 0 aliphatic carbocycles. The molecule has 2 nitrogen and oxygen atoms in total. The highest BCUT2D eigenvalue weighted by atomic mass is 31.1. The molecular weight excluding hydrogens is 450 g/mol. The largest absolute Gasteiger partial charge is 0.264 e. The molecule has 1 atom stereocenters. The van der Waals surface area contributed by atoms with Gasteiger partial charge in [0.1, 0.15) is 0 Å². The van der Waals surface area contributed by atoms with Crippen LogP contribution in [0.3, 0.4) is 0 Å². The fraction of sp³-hybridized carbons (Fsp3) is 0.333. The van der Waals surface area contributed by atoms with Crippen molar-refractivity contribution in [3.05, 3.63) is 108 Å². The molecule has 0 saturated carbocycles. The van der Waals surface area contributed by atoms with Crippen LogP contribution >= 0.6 is 17.2 Å². The summed E-state index contributed by atoms with van der Waals surface area (Å²) in [6, 6.07) is 21.9. The quantitative estimate of drug-likeness (QED) is 0.265. The number of fused-ring (bicyclic) bond motifs is 1. The molecule has 4 heteroatoms. The Bertz CT molecular complexity index is 1200. The van der Waals surface area contributed by atoms with Gasteiger partial charge in [0.15, 0.2) is 0 Å². The van der Waals surface area contributed by atoms with Crippen molar-refractivity contribution in [3.8, 4) is 0 Å². The van der Waals surface area contributed by atoms with Gasteiger partial charge in [-0.1, -0.05) is 98.0 Å². The van der Waals surface area contributed by atoms with E-state index in [1.165, 1.54) is 21.9 Å². The van der Waals surface area contributed by atoms with Crippen LogP contribution in [0.4, 0.5) is 0 Å². The van der Waals surface area contributed by atoms with Crippen molar-refractivity contribution in [1.82, 2.24) is 9.97 Å². The molecule has 1 unspecified atom stereocenters. The molecule has 34 heavy (non-hydrogen) atoms. The molecule has 0 aliphatic rings. The average molecular weight is 487 g/mol. The Morgan fingerprint density at radius 1 is 0.706 bits per heavy atom. The molecule has 2 aromatic carbocycles. The van der Waals surface area contributed by atoms with E-state index in [1.54, 1.807) is 0 Å². The van der Waals surface area contributed by atoms with Crippen molar-refractivity contribution in [2.24, 2.45) is 0 Å². The van der Waals surface area contributed by atoms with Gasteiger partial charge in [-0.2, -0.15) is 0 Å². The van der Waals surface area contributed by atoms with Crippen LogP contribution < -0.4 is 0 Å². The molecule has 176 valence electrons. The van der Waals surface area contributed by atoms with E-state index in [2.05, 4.69) is 109 Å². The van der Waals surface area contributed by atoms with Gasteiger partial charge in [-0.25, -0.2) is 0 Å². The van der Waals surface area contributed by atoms with Gasteiger partial charge >= 0.3 is 0 Å². The summed E-state index contributed by atoms with van der Waals surface area (Å²) in [6.45, 7) is 14.4. The predicted molar refractivity (Wildman–Crippen MR) is 152 cm³/mol. The van der Waals surface area contributed by atoms with E-state index < -0.39 is 5.16 Å². The van der Waals surface area contributed by atoms with Crippen molar-refractivity contribution < 1.29 is 0 Å². The van der Waals surface area contributed by atoms with Gasteiger partial charge in [-0.05, 0) is 61.6 Å². The standard InChI is InChI=1S/C30H36N2P2/c1-28(2,3)34(29(4,5)6)21-26-25-14-8-7-11-22(25)15-16-27(26)30(33,23-12-9-17-31-19-23)24-13-10-18-32-20-24/h7-20H,21,33H2,1-6H3. The van der Waals surface area contributed by atoms with Gasteiger partial charge in [0.25, 0.3) is 0 Å². The number of benzene rings is 2. The van der Waals surface area contributed by atoms with E-state index in [9.17, 15) is 0 Å². The minimum Gasteiger partial charge on any atom is -0.264 e. The van der Waals surface area contributed by atoms with Crippen molar-refractivity contribution in [2.45, 2.75) is 63.2 Å². The fourth-order valence-electron chi connectivity index (χ4n) is 5.18. The van der Waals surface area contributed by atoms with E-state index in [4.69, 9.17) is 0 Å². The van der Waals surface area contributed by atoms with Crippen LogP contribution in [0.15, 0.2) is 85.5 Å². The Labute approximate surface area is 208 Å². The summed E-state index contributed by atoms with van der Waals surface area (Å²) in [7, 11) is 2.86. The highest BCUT2D eigenvalue weighted by Crippen LogP contribution is 2.62. The number of aromatic nitrogens is 2. The fourth-order valence-corrected chi connectivity index (χ4v) is 9.41. The summed E-state index contributed by atoms with van der Waals surface area (Å²) >= 11 is 0. The van der Waals surface area contributed by atoms with Crippen LogP contribution in [0.25, 0.3) is 10.8 Å². The first-order valence-electron chi connectivity index (χ1n) is 11.9. The third-order valence-corrected chi connectivity index (χ3v) is 11.5.